The molecular formula is C32H40FN3. The van der Waals surface area contributed by atoms with E-state index in [1.54, 1.807) is 19.2 Å². The van der Waals surface area contributed by atoms with E-state index in [1.165, 1.54) is 17.2 Å². The maximum atomic E-state index is 14.3. The Morgan fingerprint density at radius 1 is 1.22 bits per heavy atom. The summed E-state index contributed by atoms with van der Waals surface area (Å²) >= 11 is 0. The van der Waals surface area contributed by atoms with Crippen molar-refractivity contribution >= 4 is 11.8 Å². The number of hydrogen-bond donors (Lipinski definition) is 1. The van der Waals surface area contributed by atoms with Gasteiger partial charge in [-0.05, 0) is 68.8 Å². The van der Waals surface area contributed by atoms with Crippen LogP contribution in [0.2, 0.25) is 0 Å². The minimum absolute atomic E-state index is 0.0650. The average molecular weight is 486 g/mol. The van der Waals surface area contributed by atoms with Gasteiger partial charge in [-0.2, -0.15) is 5.10 Å². The van der Waals surface area contributed by atoms with Crippen LogP contribution in [0.25, 0.3) is 6.08 Å². The van der Waals surface area contributed by atoms with E-state index in [0.717, 1.165) is 40.9 Å². The number of nitrogens with one attached hydrogen (secondary N) is 1. The highest BCUT2D eigenvalue weighted by atomic mass is 19.1. The Morgan fingerprint density at radius 3 is 2.42 bits per heavy atom. The van der Waals surface area contributed by atoms with E-state index in [9.17, 15) is 4.39 Å². The zero-order chi connectivity index (χ0) is 26.8. The van der Waals surface area contributed by atoms with Gasteiger partial charge in [-0.3, -0.25) is 0 Å². The van der Waals surface area contributed by atoms with Crippen molar-refractivity contribution in [2.45, 2.75) is 46.6 Å². The number of hydrazone groups is 1. The highest BCUT2D eigenvalue weighted by Crippen LogP contribution is 2.36. The van der Waals surface area contributed by atoms with Crippen molar-refractivity contribution in [3.8, 4) is 12.3 Å². The van der Waals surface area contributed by atoms with Crippen LogP contribution < -0.4 is 5.43 Å². The van der Waals surface area contributed by atoms with Gasteiger partial charge in [0, 0.05) is 36.6 Å². The highest BCUT2D eigenvalue weighted by molar-refractivity contribution is 6.09. The Labute approximate surface area is 217 Å². The minimum atomic E-state index is -0.294. The molecule has 0 fully saturated rings. The Balaban J connectivity index is 2.80. The third kappa shape index (κ3) is 7.29. The summed E-state index contributed by atoms with van der Waals surface area (Å²) in [6, 6.07) is 11.7. The second-order valence-electron chi connectivity index (χ2n) is 9.49. The van der Waals surface area contributed by atoms with Gasteiger partial charge in [0.15, 0.2) is 0 Å². The molecular weight excluding hydrogens is 445 g/mol. The first-order valence-electron chi connectivity index (χ1n) is 12.4. The molecule has 0 radical (unpaired) electrons. The molecule has 0 bridgehead atoms. The van der Waals surface area contributed by atoms with Gasteiger partial charge in [0.05, 0.1) is 5.71 Å². The van der Waals surface area contributed by atoms with Crippen molar-refractivity contribution < 1.29 is 4.39 Å². The normalized spacial score (nSPS) is 14.4. The molecule has 0 aliphatic heterocycles. The molecule has 2 aromatic carbocycles. The first-order valence-corrected chi connectivity index (χ1v) is 12.4. The van der Waals surface area contributed by atoms with Gasteiger partial charge in [0.1, 0.15) is 5.82 Å². The molecule has 0 saturated carbocycles. The first kappa shape index (κ1) is 28.8. The SMILES string of the molecule is C#C/C(=C\C=C(/C)CC)C(C)C(/C(=N/NC)c1c(C)cc(F)cc1C=C)c1ccc(CN(C)C)cc1. The Bertz CT molecular complexity index is 1180. The number of aryl methyl sites for hydroxylation is 1. The zero-order valence-corrected chi connectivity index (χ0v) is 22.8. The summed E-state index contributed by atoms with van der Waals surface area (Å²) in [5.41, 5.74) is 10.6. The van der Waals surface area contributed by atoms with E-state index in [1.807, 2.05) is 13.0 Å². The lowest BCUT2D eigenvalue weighted by molar-refractivity contribution is 0.402. The van der Waals surface area contributed by atoms with Gasteiger partial charge in [-0.1, -0.05) is 74.4 Å². The van der Waals surface area contributed by atoms with Crippen LogP contribution in [0.1, 0.15) is 60.9 Å². The number of allylic oxidation sites excluding steroid dienone is 4. The summed E-state index contributed by atoms with van der Waals surface area (Å²) < 4.78 is 14.3. The Kier molecular flexibility index (Phi) is 10.9. The monoisotopic (exact) mass is 485 g/mol. The summed E-state index contributed by atoms with van der Waals surface area (Å²) in [5.74, 6) is 2.39. The second-order valence-corrected chi connectivity index (χ2v) is 9.49. The molecule has 0 spiro atoms. The summed E-state index contributed by atoms with van der Waals surface area (Å²) in [7, 11) is 5.89. The number of benzene rings is 2. The fraction of sp³-hybridized carbons (Fsp3) is 0.344. The molecule has 2 atom stereocenters. The molecule has 190 valence electrons. The average Bonchev–Trinajstić information content (AvgIpc) is 2.84. The van der Waals surface area contributed by atoms with Gasteiger partial charge in [-0.15, -0.1) is 6.42 Å². The zero-order valence-electron chi connectivity index (χ0n) is 22.8. The molecule has 0 aromatic heterocycles. The lowest BCUT2D eigenvalue weighted by Gasteiger charge is -2.28. The van der Waals surface area contributed by atoms with Crippen molar-refractivity contribution in [3.63, 3.8) is 0 Å². The van der Waals surface area contributed by atoms with Crippen molar-refractivity contribution in [3.05, 3.63) is 99.9 Å². The lowest BCUT2D eigenvalue weighted by atomic mass is 9.75. The summed E-state index contributed by atoms with van der Waals surface area (Å²) in [6.45, 7) is 13.1. The third-order valence-electron chi connectivity index (χ3n) is 6.43. The van der Waals surface area contributed by atoms with Crippen molar-refractivity contribution in [2.75, 3.05) is 21.1 Å². The van der Waals surface area contributed by atoms with Crippen molar-refractivity contribution in [2.24, 2.45) is 11.0 Å². The van der Waals surface area contributed by atoms with Gasteiger partial charge >= 0.3 is 0 Å². The molecule has 3 nitrogen and oxygen atoms in total. The quantitative estimate of drug-likeness (QED) is 0.159. The molecule has 0 heterocycles. The van der Waals surface area contributed by atoms with Gasteiger partial charge in [0.2, 0.25) is 0 Å². The van der Waals surface area contributed by atoms with Crippen LogP contribution in [0.3, 0.4) is 0 Å². The lowest BCUT2D eigenvalue weighted by Crippen LogP contribution is -2.26. The summed E-state index contributed by atoms with van der Waals surface area (Å²) in [4.78, 5) is 2.14. The van der Waals surface area contributed by atoms with E-state index in [4.69, 9.17) is 11.5 Å². The minimum Gasteiger partial charge on any atom is -0.313 e. The molecule has 0 aliphatic rings. The van der Waals surface area contributed by atoms with E-state index >= 15 is 0 Å². The molecule has 4 heteroatoms. The molecule has 1 N–H and O–H groups in total. The number of hydrogen-bond acceptors (Lipinski definition) is 3. The van der Waals surface area contributed by atoms with E-state index in [-0.39, 0.29) is 17.7 Å². The first-order chi connectivity index (χ1) is 17.2. The van der Waals surface area contributed by atoms with Crippen LogP contribution >= 0.6 is 0 Å². The largest absolute Gasteiger partial charge is 0.313 e. The highest BCUT2D eigenvalue weighted by Gasteiger charge is 2.30. The fourth-order valence-electron chi connectivity index (χ4n) is 4.42. The predicted octanol–water partition coefficient (Wildman–Crippen LogP) is 7.10. The molecule has 2 aromatic rings. The maximum absolute atomic E-state index is 14.3. The maximum Gasteiger partial charge on any atom is 0.124 e. The standard InChI is InChI=1S/C32H40FN3/c1-10-22(4)13-16-26(11-2)24(6)31(28-17-14-25(15-18-28)21-36(8)9)32(35-34-7)30-23(5)19-29(33)20-27(30)12-3/h2,12-20,24,31,34H,3,10,21H2,1,4-9H3/b22-13+,26-16+,35-32+. The van der Waals surface area contributed by atoms with Gasteiger partial charge in [-0.25, -0.2) is 4.39 Å². The van der Waals surface area contributed by atoms with E-state index < -0.39 is 0 Å². The summed E-state index contributed by atoms with van der Waals surface area (Å²) in [6.07, 6.45) is 12.8. The van der Waals surface area contributed by atoms with Crippen LogP contribution in [0, 0.1) is 31.0 Å². The van der Waals surface area contributed by atoms with E-state index in [0.29, 0.717) is 5.56 Å². The molecule has 0 saturated heterocycles. The second kappa shape index (κ2) is 13.6. The van der Waals surface area contributed by atoms with Gasteiger partial charge in [0.25, 0.3) is 0 Å². The van der Waals surface area contributed by atoms with Crippen molar-refractivity contribution in [1.82, 2.24) is 10.3 Å². The van der Waals surface area contributed by atoms with Crippen LogP contribution in [0.15, 0.2) is 71.4 Å². The molecule has 2 rings (SSSR count). The topological polar surface area (TPSA) is 27.6 Å². The van der Waals surface area contributed by atoms with Crippen molar-refractivity contribution in [1.29, 1.82) is 0 Å². The van der Waals surface area contributed by atoms with Gasteiger partial charge < -0.3 is 10.3 Å². The molecule has 0 aliphatic carbocycles. The summed E-state index contributed by atoms with van der Waals surface area (Å²) in [5, 5.41) is 4.77. The van der Waals surface area contributed by atoms with Crippen LogP contribution in [0.5, 0.6) is 0 Å². The van der Waals surface area contributed by atoms with Crippen LogP contribution in [0.4, 0.5) is 4.39 Å². The predicted molar refractivity (Wildman–Crippen MR) is 154 cm³/mol. The molecule has 36 heavy (non-hydrogen) atoms. The number of terminal acetylenes is 1. The number of halogens is 1. The van der Waals surface area contributed by atoms with Crippen LogP contribution in [-0.4, -0.2) is 31.8 Å². The molecule has 0 amide bonds. The smallest absolute Gasteiger partial charge is 0.124 e. The fourth-order valence-corrected chi connectivity index (χ4v) is 4.42. The number of rotatable bonds is 11. The number of nitrogens with zero attached hydrogens (tertiary/aromatic N) is 2. The van der Waals surface area contributed by atoms with Crippen LogP contribution in [-0.2, 0) is 6.54 Å². The Hall–Kier alpha value is -3.42. The van der Waals surface area contributed by atoms with E-state index in [2.05, 4.69) is 88.0 Å². The molecule has 2 unspecified atom stereocenters. The Morgan fingerprint density at radius 2 is 1.89 bits per heavy atom. The third-order valence-corrected chi connectivity index (χ3v) is 6.43.